The van der Waals surface area contributed by atoms with Crippen LogP contribution in [0.15, 0.2) is 36.4 Å². The first kappa shape index (κ1) is 16.8. The first-order chi connectivity index (χ1) is 12.1. The molecule has 0 spiro atoms. The molecule has 0 unspecified atom stereocenters. The van der Waals surface area contributed by atoms with Gasteiger partial charge in [0, 0.05) is 5.69 Å². The number of carbonyl (C=O) groups excluding carboxylic acids is 2. The van der Waals surface area contributed by atoms with Crippen LogP contribution in [0.5, 0.6) is 11.5 Å². The van der Waals surface area contributed by atoms with Crippen LogP contribution in [0.2, 0.25) is 0 Å². The van der Waals surface area contributed by atoms with E-state index in [-0.39, 0.29) is 12.3 Å². The molecule has 2 aromatic rings. The third-order valence-electron chi connectivity index (χ3n) is 3.94. The van der Waals surface area contributed by atoms with Crippen LogP contribution >= 0.6 is 0 Å². The molecule has 0 radical (unpaired) electrons. The van der Waals surface area contributed by atoms with Crippen LogP contribution in [0.4, 0.5) is 5.69 Å². The number of anilines is 1. The second kappa shape index (κ2) is 7.25. The lowest BCUT2D eigenvalue weighted by molar-refractivity contribution is -0.115. The average Bonchev–Trinajstić information content (AvgIpc) is 2.62. The number of amides is 1. The lowest BCUT2D eigenvalue weighted by Gasteiger charge is -2.20. The number of benzene rings is 2. The van der Waals surface area contributed by atoms with Crippen molar-refractivity contribution in [2.24, 2.45) is 0 Å². The summed E-state index contributed by atoms with van der Waals surface area (Å²) >= 11 is 0. The summed E-state index contributed by atoms with van der Waals surface area (Å²) in [6, 6.07) is 10.3. The SMILES string of the molecule is COC(=O)c1ccc(NC(=O)Cc2cc3c(cc2C)OCCO3)cc1. The van der Waals surface area contributed by atoms with Gasteiger partial charge in [-0.3, -0.25) is 4.79 Å². The molecule has 1 aliphatic heterocycles. The number of aryl methyl sites for hydroxylation is 1. The van der Waals surface area contributed by atoms with E-state index in [0.29, 0.717) is 36.0 Å². The summed E-state index contributed by atoms with van der Waals surface area (Å²) in [6.45, 7) is 2.98. The lowest BCUT2D eigenvalue weighted by atomic mass is 10.0. The van der Waals surface area contributed by atoms with Crippen molar-refractivity contribution in [3.05, 3.63) is 53.1 Å². The highest BCUT2D eigenvalue weighted by atomic mass is 16.6. The minimum absolute atomic E-state index is 0.148. The van der Waals surface area contributed by atoms with E-state index in [0.717, 1.165) is 11.1 Å². The number of hydrogen-bond donors (Lipinski definition) is 1. The highest BCUT2D eigenvalue weighted by Crippen LogP contribution is 2.33. The Balaban J connectivity index is 1.67. The third kappa shape index (κ3) is 3.91. The molecule has 0 bridgehead atoms. The summed E-state index contributed by atoms with van der Waals surface area (Å²) in [5.74, 6) is 0.823. The van der Waals surface area contributed by atoms with E-state index in [1.807, 2.05) is 19.1 Å². The smallest absolute Gasteiger partial charge is 0.337 e. The summed E-state index contributed by atoms with van der Waals surface area (Å²) in [4.78, 5) is 23.7. The molecule has 0 aliphatic carbocycles. The van der Waals surface area contributed by atoms with Crippen molar-refractivity contribution < 1.29 is 23.8 Å². The van der Waals surface area contributed by atoms with Crippen LogP contribution in [-0.4, -0.2) is 32.2 Å². The number of rotatable bonds is 4. The predicted molar refractivity (Wildman–Crippen MR) is 92.3 cm³/mol. The first-order valence-electron chi connectivity index (χ1n) is 7.94. The average molecular weight is 341 g/mol. The number of methoxy groups -OCH3 is 1. The Hall–Kier alpha value is -3.02. The highest BCUT2D eigenvalue weighted by Gasteiger charge is 2.16. The normalized spacial score (nSPS) is 12.4. The number of fused-ring (bicyclic) bond motifs is 1. The standard InChI is InChI=1S/C19H19NO5/c1-12-9-16-17(25-8-7-24-16)10-14(12)11-18(21)20-15-5-3-13(4-6-15)19(22)23-2/h3-6,9-10H,7-8,11H2,1-2H3,(H,20,21). The Bertz CT molecular complexity index is 798. The van der Waals surface area contributed by atoms with Crippen LogP contribution < -0.4 is 14.8 Å². The first-order valence-corrected chi connectivity index (χ1v) is 7.94. The molecule has 130 valence electrons. The van der Waals surface area contributed by atoms with Gasteiger partial charge in [-0.2, -0.15) is 0 Å². The topological polar surface area (TPSA) is 73.9 Å². The third-order valence-corrected chi connectivity index (χ3v) is 3.94. The molecule has 2 aromatic carbocycles. The molecule has 0 atom stereocenters. The minimum atomic E-state index is -0.412. The largest absolute Gasteiger partial charge is 0.486 e. The predicted octanol–water partition coefficient (Wildman–Crippen LogP) is 2.73. The summed E-state index contributed by atoms with van der Waals surface area (Å²) in [5, 5.41) is 2.82. The lowest BCUT2D eigenvalue weighted by Crippen LogP contribution is -2.18. The van der Waals surface area contributed by atoms with Gasteiger partial charge in [-0.05, 0) is 54.4 Å². The van der Waals surface area contributed by atoms with Gasteiger partial charge in [0.2, 0.25) is 5.91 Å². The summed E-state index contributed by atoms with van der Waals surface area (Å²) in [7, 11) is 1.33. The van der Waals surface area contributed by atoms with E-state index in [1.165, 1.54) is 7.11 Å². The van der Waals surface area contributed by atoms with Gasteiger partial charge >= 0.3 is 5.97 Å². The van der Waals surface area contributed by atoms with Gasteiger partial charge in [-0.15, -0.1) is 0 Å². The van der Waals surface area contributed by atoms with Crippen molar-refractivity contribution in [1.82, 2.24) is 0 Å². The molecule has 3 rings (SSSR count). The maximum atomic E-state index is 12.3. The number of ether oxygens (including phenoxy) is 3. The fourth-order valence-electron chi connectivity index (χ4n) is 2.61. The maximum absolute atomic E-state index is 12.3. The van der Waals surface area contributed by atoms with Gasteiger partial charge in [-0.25, -0.2) is 4.79 Å². The Morgan fingerprint density at radius 1 is 1.08 bits per heavy atom. The van der Waals surface area contributed by atoms with Crippen molar-refractivity contribution >= 4 is 17.6 Å². The Kier molecular flexibility index (Phi) is 4.88. The molecular formula is C19H19NO5. The molecule has 0 saturated heterocycles. The van der Waals surface area contributed by atoms with Crippen LogP contribution in [0.25, 0.3) is 0 Å². The molecule has 1 amide bonds. The Morgan fingerprint density at radius 3 is 2.36 bits per heavy atom. The van der Waals surface area contributed by atoms with Crippen LogP contribution in [0.3, 0.4) is 0 Å². The number of nitrogens with one attached hydrogen (secondary N) is 1. The van der Waals surface area contributed by atoms with E-state index in [4.69, 9.17) is 9.47 Å². The van der Waals surface area contributed by atoms with Crippen molar-refractivity contribution in [3.8, 4) is 11.5 Å². The van der Waals surface area contributed by atoms with Gasteiger partial charge in [0.15, 0.2) is 11.5 Å². The van der Waals surface area contributed by atoms with Crippen molar-refractivity contribution in [2.45, 2.75) is 13.3 Å². The van der Waals surface area contributed by atoms with E-state index in [1.54, 1.807) is 24.3 Å². The van der Waals surface area contributed by atoms with E-state index in [2.05, 4.69) is 10.1 Å². The van der Waals surface area contributed by atoms with Crippen molar-refractivity contribution in [1.29, 1.82) is 0 Å². The second-order valence-electron chi connectivity index (χ2n) is 5.72. The van der Waals surface area contributed by atoms with Crippen LogP contribution in [0, 0.1) is 6.92 Å². The van der Waals surface area contributed by atoms with Crippen LogP contribution in [-0.2, 0) is 16.0 Å². The molecular weight excluding hydrogens is 322 g/mol. The zero-order valence-electron chi connectivity index (χ0n) is 14.1. The Labute approximate surface area is 145 Å². The number of esters is 1. The quantitative estimate of drug-likeness (QED) is 0.866. The van der Waals surface area contributed by atoms with Crippen molar-refractivity contribution in [2.75, 3.05) is 25.6 Å². The monoisotopic (exact) mass is 341 g/mol. The molecule has 1 N–H and O–H groups in total. The molecule has 6 nitrogen and oxygen atoms in total. The molecule has 1 aliphatic rings. The maximum Gasteiger partial charge on any atom is 0.337 e. The summed E-state index contributed by atoms with van der Waals surface area (Å²) in [6.07, 6.45) is 0.223. The van der Waals surface area contributed by atoms with Crippen LogP contribution in [0.1, 0.15) is 21.5 Å². The van der Waals surface area contributed by atoms with Gasteiger partial charge in [-0.1, -0.05) is 0 Å². The minimum Gasteiger partial charge on any atom is -0.486 e. The fraction of sp³-hybridized carbons (Fsp3) is 0.263. The molecule has 0 saturated carbocycles. The molecule has 1 heterocycles. The van der Waals surface area contributed by atoms with Gasteiger partial charge in [0.1, 0.15) is 13.2 Å². The number of carbonyl (C=O) groups is 2. The van der Waals surface area contributed by atoms with E-state index in [9.17, 15) is 9.59 Å². The molecule has 6 heteroatoms. The Morgan fingerprint density at radius 2 is 1.72 bits per heavy atom. The van der Waals surface area contributed by atoms with Crippen molar-refractivity contribution in [3.63, 3.8) is 0 Å². The van der Waals surface area contributed by atoms with Gasteiger partial charge in [0.25, 0.3) is 0 Å². The number of hydrogen-bond acceptors (Lipinski definition) is 5. The van der Waals surface area contributed by atoms with Gasteiger partial charge < -0.3 is 19.5 Å². The molecule has 0 fully saturated rings. The highest BCUT2D eigenvalue weighted by molar-refractivity contribution is 5.94. The van der Waals surface area contributed by atoms with E-state index >= 15 is 0 Å². The fourth-order valence-corrected chi connectivity index (χ4v) is 2.61. The second-order valence-corrected chi connectivity index (χ2v) is 5.72. The zero-order chi connectivity index (χ0) is 17.8. The summed E-state index contributed by atoms with van der Waals surface area (Å²) < 4.78 is 15.7. The zero-order valence-corrected chi connectivity index (χ0v) is 14.1. The molecule has 0 aromatic heterocycles. The molecule has 25 heavy (non-hydrogen) atoms. The van der Waals surface area contributed by atoms with E-state index < -0.39 is 5.97 Å². The van der Waals surface area contributed by atoms with Gasteiger partial charge in [0.05, 0.1) is 19.1 Å². The summed E-state index contributed by atoms with van der Waals surface area (Å²) in [5.41, 5.74) is 2.91.